The third kappa shape index (κ3) is 3.15. The maximum atomic E-state index is 10.4. The van der Waals surface area contributed by atoms with Gasteiger partial charge in [-0.3, -0.25) is 0 Å². The van der Waals surface area contributed by atoms with E-state index in [4.69, 9.17) is 4.74 Å². The van der Waals surface area contributed by atoms with Crippen molar-refractivity contribution in [3.8, 4) is 0 Å². The Labute approximate surface area is 79.3 Å². The number of carbonyl (C=O) groups excluding carboxylic acids is 1. The summed E-state index contributed by atoms with van der Waals surface area (Å²) in [7, 11) is 0. The van der Waals surface area contributed by atoms with Crippen molar-refractivity contribution in [1.82, 2.24) is 0 Å². The first-order valence-electron chi connectivity index (χ1n) is 4.67. The van der Waals surface area contributed by atoms with E-state index >= 15 is 0 Å². The molecule has 0 aromatic carbocycles. The third-order valence-electron chi connectivity index (χ3n) is 2.18. The highest BCUT2D eigenvalue weighted by Gasteiger charge is 2.09. The maximum absolute atomic E-state index is 10.4. The average molecular weight is 180 g/mol. The summed E-state index contributed by atoms with van der Waals surface area (Å²) in [5.41, 5.74) is 1.18. The van der Waals surface area contributed by atoms with Gasteiger partial charge in [-0.25, -0.2) is 0 Å². The van der Waals surface area contributed by atoms with Crippen LogP contribution in [0.5, 0.6) is 0 Å². The van der Waals surface area contributed by atoms with Crippen LogP contribution in [0, 0.1) is 5.92 Å². The number of hydrogen-bond donors (Lipinski definition) is 0. The molecule has 0 fully saturated rings. The minimum Gasteiger partial charge on any atom is -0.370 e. The van der Waals surface area contributed by atoms with Gasteiger partial charge in [-0.1, -0.05) is 25.2 Å². The van der Waals surface area contributed by atoms with E-state index in [1.807, 2.05) is 19.9 Å². The molecule has 0 N–H and O–H groups in total. The van der Waals surface area contributed by atoms with Crippen LogP contribution in [0.1, 0.15) is 20.3 Å². The first-order chi connectivity index (χ1) is 6.24. The molecule has 1 unspecified atom stereocenters. The van der Waals surface area contributed by atoms with Crippen LogP contribution in [0.15, 0.2) is 23.8 Å². The van der Waals surface area contributed by atoms with E-state index in [1.54, 1.807) is 0 Å². The number of carbonyl (C=O) groups is 1. The van der Waals surface area contributed by atoms with E-state index in [0.29, 0.717) is 6.61 Å². The van der Waals surface area contributed by atoms with Crippen molar-refractivity contribution < 1.29 is 9.53 Å². The Morgan fingerprint density at radius 3 is 3.15 bits per heavy atom. The fourth-order valence-electron chi connectivity index (χ4n) is 1.23. The summed E-state index contributed by atoms with van der Waals surface area (Å²) in [6.45, 7) is 4.64. The van der Waals surface area contributed by atoms with Gasteiger partial charge in [0.25, 0.3) is 0 Å². The van der Waals surface area contributed by atoms with Gasteiger partial charge in [0.1, 0.15) is 6.29 Å². The SMILES string of the molecule is CC(C=O)C/C=C1/C=CCO[C@H]1C. The van der Waals surface area contributed by atoms with E-state index in [2.05, 4.69) is 12.2 Å². The molecule has 0 radical (unpaired) electrons. The largest absolute Gasteiger partial charge is 0.370 e. The minimum atomic E-state index is 0.107. The van der Waals surface area contributed by atoms with Crippen molar-refractivity contribution in [1.29, 1.82) is 0 Å². The van der Waals surface area contributed by atoms with Crippen molar-refractivity contribution in [3.63, 3.8) is 0 Å². The highest BCUT2D eigenvalue weighted by molar-refractivity contribution is 5.53. The zero-order chi connectivity index (χ0) is 9.68. The molecule has 2 heteroatoms. The van der Waals surface area contributed by atoms with Gasteiger partial charge in [0.05, 0.1) is 12.7 Å². The lowest BCUT2D eigenvalue weighted by Crippen LogP contribution is -2.14. The summed E-state index contributed by atoms with van der Waals surface area (Å²) < 4.78 is 5.41. The molecule has 1 rings (SSSR count). The van der Waals surface area contributed by atoms with Crippen molar-refractivity contribution in [2.24, 2.45) is 5.92 Å². The van der Waals surface area contributed by atoms with Crippen LogP contribution in [0.2, 0.25) is 0 Å². The van der Waals surface area contributed by atoms with Crippen LogP contribution in [0.3, 0.4) is 0 Å². The topological polar surface area (TPSA) is 26.3 Å². The van der Waals surface area contributed by atoms with E-state index in [-0.39, 0.29) is 12.0 Å². The lowest BCUT2D eigenvalue weighted by molar-refractivity contribution is -0.110. The number of rotatable bonds is 3. The first-order valence-corrected chi connectivity index (χ1v) is 4.67. The summed E-state index contributed by atoms with van der Waals surface area (Å²) in [5.74, 6) is 0.107. The van der Waals surface area contributed by atoms with Crippen LogP contribution in [-0.4, -0.2) is 19.0 Å². The number of allylic oxidation sites excluding steroid dienone is 1. The molecule has 0 spiro atoms. The van der Waals surface area contributed by atoms with Gasteiger partial charge in [-0.2, -0.15) is 0 Å². The maximum Gasteiger partial charge on any atom is 0.123 e. The van der Waals surface area contributed by atoms with Gasteiger partial charge in [-0.15, -0.1) is 0 Å². The zero-order valence-electron chi connectivity index (χ0n) is 8.19. The van der Waals surface area contributed by atoms with Gasteiger partial charge in [0, 0.05) is 5.92 Å². The molecular formula is C11H16O2. The molecule has 13 heavy (non-hydrogen) atoms. The monoisotopic (exact) mass is 180 g/mol. The standard InChI is InChI=1S/C11H16O2/c1-9(8-12)5-6-11-4-3-7-13-10(11)2/h3-4,6,8-10H,5,7H2,1-2H3/b11-6-/t9?,10-/m0/s1. The molecule has 2 nitrogen and oxygen atoms in total. The van der Waals surface area contributed by atoms with Crippen LogP contribution in [0.4, 0.5) is 0 Å². The predicted octanol–water partition coefficient (Wildman–Crippen LogP) is 2.11. The third-order valence-corrected chi connectivity index (χ3v) is 2.18. The Bertz CT molecular complexity index is 228. The molecule has 0 aromatic rings. The zero-order valence-corrected chi connectivity index (χ0v) is 8.19. The summed E-state index contributed by atoms with van der Waals surface area (Å²) >= 11 is 0. The van der Waals surface area contributed by atoms with Crippen molar-refractivity contribution >= 4 is 6.29 Å². The summed E-state index contributed by atoms with van der Waals surface area (Å²) in [4.78, 5) is 10.4. The fourth-order valence-corrected chi connectivity index (χ4v) is 1.23. The van der Waals surface area contributed by atoms with E-state index in [9.17, 15) is 4.79 Å². The second-order valence-corrected chi connectivity index (χ2v) is 3.43. The van der Waals surface area contributed by atoms with Crippen molar-refractivity contribution in [3.05, 3.63) is 23.8 Å². The van der Waals surface area contributed by atoms with Crippen LogP contribution < -0.4 is 0 Å². The normalized spacial score (nSPS) is 27.5. The quantitative estimate of drug-likeness (QED) is 0.622. The molecular weight excluding hydrogens is 164 g/mol. The number of ether oxygens (including phenoxy) is 1. The molecule has 0 bridgehead atoms. The molecule has 0 aliphatic carbocycles. The number of aldehydes is 1. The number of hydrogen-bond acceptors (Lipinski definition) is 2. The molecule has 1 heterocycles. The predicted molar refractivity (Wildman–Crippen MR) is 52.5 cm³/mol. The van der Waals surface area contributed by atoms with E-state index < -0.39 is 0 Å². The summed E-state index contributed by atoms with van der Waals surface area (Å²) in [6, 6.07) is 0. The Morgan fingerprint density at radius 2 is 2.54 bits per heavy atom. The van der Waals surface area contributed by atoms with Crippen LogP contribution in [0.25, 0.3) is 0 Å². The second-order valence-electron chi connectivity index (χ2n) is 3.43. The highest BCUT2D eigenvalue weighted by atomic mass is 16.5. The molecule has 0 aromatic heterocycles. The Kier molecular flexibility index (Phi) is 3.90. The fraction of sp³-hybridized carbons (Fsp3) is 0.545. The average Bonchev–Trinajstić information content (AvgIpc) is 2.16. The summed E-state index contributed by atoms with van der Waals surface area (Å²) in [5, 5.41) is 0. The molecule has 2 atom stereocenters. The van der Waals surface area contributed by atoms with Gasteiger partial charge in [0.2, 0.25) is 0 Å². The lowest BCUT2D eigenvalue weighted by Gasteiger charge is -2.17. The molecule has 1 aliphatic rings. The Hall–Kier alpha value is -0.890. The van der Waals surface area contributed by atoms with E-state index in [0.717, 1.165) is 12.7 Å². The smallest absolute Gasteiger partial charge is 0.123 e. The van der Waals surface area contributed by atoms with Crippen LogP contribution >= 0.6 is 0 Å². The molecule has 0 saturated heterocycles. The Balaban J connectivity index is 2.53. The summed E-state index contributed by atoms with van der Waals surface area (Å²) in [6.07, 6.45) is 8.11. The van der Waals surface area contributed by atoms with Gasteiger partial charge in [0.15, 0.2) is 0 Å². The second kappa shape index (κ2) is 4.97. The van der Waals surface area contributed by atoms with Gasteiger partial charge < -0.3 is 9.53 Å². The van der Waals surface area contributed by atoms with Crippen LogP contribution in [-0.2, 0) is 9.53 Å². The highest BCUT2D eigenvalue weighted by Crippen LogP contribution is 2.15. The van der Waals surface area contributed by atoms with Gasteiger partial charge in [-0.05, 0) is 18.9 Å². The van der Waals surface area contributed by atoms with Crippen molar-refractivity contribution in [2.75, 3.05) is 6.61 Å². The van der Waals surface area contributed by atoms with Gasteiger partial charge >= 0.3 is 0 Å². The Morgan fingerprint density at radius 1 is 1.77 bits per heavy atom. The van der Waals surface area contributed by atoms with Crippen molar-refractivity contribution in [2.45, 2.75) is 26.4 Å². The first kappa shape index (κ1) is 10.2. The molecule has 0 amide bonds. The minimum absolute atomic E-state index is 0.107. The molecule has 1 aliphatic heterocycles. The molecule has 0 saturated carbocycles. The molecule has 72 valence electrons. The van der Waals surface area contributed by atoms with E-state index in [1.165, 1.54) is 5.57 Å². The lowest BCUT2D eigenvalue weighted by atomic mass is 10.0.